The summed E-state index contributed by atoms with van der Waals surface area (Å²) in [5.74, 6) is -3.24. The fraction of sp³-hybridized carbons (Fsp3) is 0.571. The van der Waals surface area contributed by atoms with E-state index in [1.807, 2.05) is 0 Å². The van der Waals surface area contributed by atoms with Gasteiger partial charge in [0.25, 0.3) is 0 Å². The van der Waals surface area contributed by atoms with Crippen molar-refractivity contribution in [1.29, 1.82) is 0 Å². The predicted octanol–water partition coefficient (Wildman–Crippen LogP) is 2.33. The van der Waals surface area contributed by atoms with Gasteiger partial charge in [-0.05, 0) is 18.9 Å². The van der Waals surface area contributed by atoms with E-state index in [4.69, 9.17) is 20.4 Å². The molecule has 1 heterocycles. The molecule has 0 saturated carbocycles. The lowest BCUT2D eigenvalue weighted by molar-refractivity contribution is -0.0466. The molecule has 0 spiro atoms. The van der Waals surface area contributed by atoms with Gasteiger partial charge in [0.1, 0.15) is 5.56 Å². The lowest BCUT2D eigenvalue weighted by Crippen LogP contribution is -2.03. The Balaban J connectivity index is 0.000000384. The van der Waals surface area contributed by atoms with Crippen LogP contribution in [0.2, 0.25) is 0 Å². The highest BCUT2D eigenvalue weighted by Crippen LogP contribution is 2.09. The van der Waals surface area contributed by atoms with Crippen molar-refractivity contribution in [2.75, 3.05) is 0 Å². The molecular weight excluding hydrogens is 280 g/mol. The van der Waals surface area contributed by atoms with Crippen LogP contribution in [0.1, 0.15) is 66.4 Å². The second kappa shape index (κ2) is 10.9. The molecular formula is C14H22O7. The van der Waals surface area contributed by atoms with Gasteiger partial charge in [0, 0.05) is 0 Å². The smallest absolute Gasteiger partial charge is 0.372 e. The van der Waals surface area contributed by atoms with Gasteiger partial charge in [-0.2, -0.15) is 0 Å². The van der Waals surface area contributed by atoms with Crippen molar-refractivity contribution in [3.05, 3.63) is 23.7 Å². The van der Waals surface area contributed by atoms with Crippen LogP contribution in [-0.2, 0) is 0 Å². The number of carbonyl (C=O) groups is 2. The van der Waals surface area contributed by atoms with Crippen LogP contribution in [0.25, 0.3) is 0 Å². The summed E-state index contributed by atoms with van der Waals surface area (Å²) in [4.78, 5) is 20.5. The van der Waals surface area contributed by atoms with E-state index in [2.05, 4.69) is 11.3 Å². The van der Waals surface area contributed by atoms with Crippen molar-refractivity contribution in [3.8, 4) is 0 Å². The highest BCUT2D eigenvalue weighted by Gasteiger charge is 2.18. The molecule has 0 aliphatic carbocycles. The molecule has 0 amide bonds. The Morgan fingerprint density at radius 2 is 1.71 bits per heavy atom. The summed E-state index contributed by atoms with van der Waals surface area (Å²) >= 11 is 0. The first kappa shape index (κ1) is 19.1. The molecule has 0 atom stereocenters. The topological polar surface area (TPSA) is 128 Å². The Labute approximate surface area is 122 Å². The van der Waals surface area contributed by atoms with Crippen molar-refractivity contribution in [1.82, 2.24) is 0 Å². The van der Waals surface area contributed by atoms with Crippen LogP contribution < -0.4 is 0 Å². The zero-order valence-corrected chi connectivity index (χ0v) is 12.0. The van der Waals surface area contributed by atoms with Gasteiger partial charge in [0.15, 0.2) is 6.29 Å². The summed E-state index contributed by atoms with van der Waals surface area (Å²) in [5, 5.41) is 33.7. The van der Waals surface area contributed by atoms with E-state index in [1.165, 1.54) is 19.3 Å². The Hall–Kier alpha value is -1.86. The number of unbranched alkanes of at least 4 members (excludes halogenated alkanes) is 4. The van der Waals surface area contributed by atoms with Crippen LogP contribution >= 0.6 is 0 Å². The van der Waals surface area contributed by atoms with Crippen LogP contribution in [0, 0.1) is 0 Å². The van der Waals surface area contributed by atoms with Gasteiger partial charge in [-0.3, -0.25) is 0 Å². The molecule has 7 nitrogen and oxygen atoms in total. The third-order valence-corrected chi connectivity index (χ3v) is 2.66. The van der Waals surface area contributed by atoms with Crippen molar-refractivity contribution in [2.24, 2.45) is 0 Å². The fourth-order valence-corrected chi connectivity index (χ4v) is 1.57. The average molecular weight is 302 g/mol. The minimum Gasteiger partial charge on any atom is -0.478 e. The maximum Gasteiger partial charge on any atom is 0.372 e. The lowest BCUT2D eigenvalue weighted by Gasteiger charge is -2.01. The van der Waals surface area contributed by atoms with Gasteiger partial charge >= 0.3 is 11.9 Å². The first-order valence-corrected chi connectivity index (χ1v) is 6.80. The van der Waals surface area contributed by atoms with Crippen LogP contribution in [0.4, 0.5) is 0 Å². The number of hydrogen-bond donors (Lipinski definition) is 4. The lowest BCUT2D eigenvalue weighted by atomic mass is 10.1. The summed E-state index contributed by atoms with van der Waals surface area (Å²) in [7, 11) is 0. The maximum absolute atomic E-state index is 10.3. The van der Waals surface area contributed by atoms with Gasteiger partial charge in [-0.25, -0.2) is 9.59 Å². The third-order valence-electron chi connectivity index (χ3n) is 2.66. The van der Waals surface area contributed by atoms with E-state index in [0.717, 1.165) is 25.2 Å². The molecule has 0 saturated heterocycles. The highest BCUT2D eigenvalue weighted by molar-refractivity contribution is 5.99. The third kappa shape index (κ3) is 8.83. The minimum atomic E-state index is -1.38. The molecule has 0 aliphatic heterocycles. The second-order valence-electron chi connectivity index (χ2n) is 4.46. The molecule has 0 bridgehead atoms. The molecule has 0 fully saturated rings. The van der Waals surface area contributed by atoms with Gasteiger partial charge in [-0.1, -0.05) is 32.6 Å². The molecule has 21 heavy (non-hydrogen) atoms. The summed E-state index contributed by atoms with van der Waals surface area (Å²) in [6.45, 7) is 2.17. The molecule has 0 aromatic carbocycles. The number of hydrogen-bond acceptors (Lipinski definition) is 5. The van der Waals surface area contributed by atoms with Crippen molar-refractivity contribution >= 4 is 11.9 Å². The number of furan rings is 1. The van der Waals surface area contributed by atoms with Gasteiger partial charge in [-0.15, -0.1) is 0 Å². The average Bonchev–Trinajstić information content (AvgIpc) is 2.88. The second-order valence-corrected chi connectivity index (χ2v) is 4.46. The van der Waals surface area contributed by atoms with E-state index in [9.17, 15) is 9.59 Å². The maximum atomic E-state index is 10.3. The van der Waals surface area contributed by atoms with E-state index >= 15 is 0 Å². The van der Waals surface area contributed by atoms with Crippen molar-refractivity contribution in [3.63, 3.8) is 0 Å². The molecule has 0 radical (unpaired) electrons. The van der Waals surface area contributed by atoms with Crippen LogP contribution in [0.3, 0.4) is 0 Å². The van der Waals surface area contributed by atoms with Crippen LogP contribution in [0.5, 0.6) is 0 Å². The molecule has 4 N–H and O–H groups in total. The molecule has 1 aromatic rings. The standard InChI is InChI=1S/C8H18O2.C6H4O5/c1-2-3-4-5-6-7-8(9)10;7-5(8)3-1-2-11-4(3)6(9)10/h8-10H,2-7H2,1H3;1-2H,(H,7,8)(H,9,10). The van der Waals surface area contributed by atoms with Crippen LogP contribution in [0.15, 0.2) is 16.7 Å². The normalized spacial score (nSPS) is 10.1. The zero-order chi connectivity index (χ0) is 16.3. The largest absolute Gasteiger partial charge is 0.478 e. The van der Waals surface area contributed by atoms with Gasteiger partial charge < -0.3 is 24.8 Å². The summed E-state index contributed by atoms with van der Waals surface area (Å²) < 4.78 is 4.41. The Morgan fingerprint density at radius 3 is 2.14 bits per heavy atom. The zero-order valence-electron chi connectivity index (χ0n) is 12.0. The first-order valence-electron chi connectivity index (χ1n) is 6.80. The monoisotopic (exact) mass is 302 g/mol. The number of aliphatic hydroxyl groups is 2. The van der Waals surface area contributed by atoms with E-state index in [1.54, 1.807) is 0 Å². The minimum absolute atomic E-state index is 0.336. The Kier molecular flexibility index (Phi) is 9.91. The highest BCUT2D eigenvalue weighted by atomic mass is 16.5. The number of rotatable bonds is 8. The number of aliphatic hydroxyl groups excluding tert-OH is 1. The predicted molar refractivity (Wildman–Crippen MR) is 74.2 cm³/mol. The number of carboxylic acids is 2. The summed E-state index contributed by atoms with van der Waals surface area (Å²) in [5.41, 5.74) is -0.336. The fourth-order valence-electron chi connectivity index (χ4n) is 1.57. The SMILES string of the molecule is CCCCCCCC(O)O.O=C(O)c1ccoc1C(=O)O. The number of aromatic carboxylic acids is 2. The Bertz CT molecular complexity index is 394. The molecule has 1 rings (SSSR count). The van der Waals surface area contributed by atoms with E-state index in [-0.39, 0.29) is 5.56 Å². The van der Waals surface area contributed by atoms with Gasteiger partial charge in [0.2, 0.25) is 5.76 Å². The van der Waals surface area contributed by atoms with Crippen molar-refractivity contribution < 1.29 is 34.4 Å². The summed E-state index contributed by atoms with van der Waals surface area (Å²) in [6, 6.07) is 1.09. The number of carboxylic acid groups (broad SMARTS) is 2. The molecule has 1 aromatic heterocycles. The van der Waals surface area contributed by atoms with E-state index < -0.39 is 24.0 Å². The van der Waals surface area contributed by atoms with E-state index in [0.29, 0.717) is 6.42 Å². The molecule has 0 unspecified atom stereocenters. The molecule has 7 heteroatoms. The Morgan fingerprint density at radius 1 is 1.10 bits per heavy atom. The molecule has 0 aliphatic rings. The van der Waals surface area contributed by atoms with Crippen LogP contribution in [-0.4, -0.2) is 38.7 Å². The summed E-state index contributed by atoms with van der Waals surface area (Å²) in [6.07, 6.45) is 6.26. The van der Waals surface area contributed by atoms with Gasteiger partial charge in [0.05, 0.1) is 6.26 Å². The first-order chi connectivity index (χ1) is 9.90. The molecule has 120 valence electrons. The quantitative estimate of drug-likeness (QED) is 0.428. The van der Waals surface area contributed by atoms with Crippen molar-refractivity contribution in [2.45, 2.75) is 51.7 Å².